The van der Waals surface area contributed by atoms with Gasteiger partial charge in [-0.05, 0) is 17.5 Å². The summed E-state index contributed by atoms with van der Waals surface area (Å²) in [7, 11) is 0. The molecule has 1 aromatic carbocycles. The SMILES string of the molecule is C[C@]1(CN(C(=O)O)c2ccccc2)C=CSC1. The van der Waals surface area contributed by atoms with Gasteiger partial charge in [0.1, 0.15) is 0 Å². The maximum atomic E-state index is 11.3. The summed E-state index contributed by atoms with van der Waals surface area (Å²) in [6.45, 7) is 2.58. The quantitative estimate of drug-likeness (QED) is 0.892. The molecular formula is C13H15NO2S. The fourth-order valence-corrected chi connectivity index (χ4v) is 2.93. The van der Waals surface area contributed by atoms with E-state index in [4.69, 9.17) is 0 Å². The third kappa shape index (κ3) is 2.82. The summed E-state index contributed by atoms with van der Waals surface area (Å²) in [4.78, 5) is 12.7. The summed E-state index contributed by atoms with van der Waals surface area (Å²) in [6, 6.07) is 9.24. The fraction of sp³-hybridized carbons (Fsp3) is 0.308. The lowest BCUT2D eigenvalue weighted by atomic mass is 9.93. The van der Waals surface area contributed by atoms with E-state index in [0.29, 0.717) is 6.54 Å². The van der Waals surface area contributed by atoms with Crippen LogP contribution in [0.5, 0.6) is 0 Å². The Morgan fingerprint density at radius 3 is 2.71 bits per heavy atom. The van der Waals surface area contributed by atoms with Gasteiger partial charge in [-0.3, -0.25) is 4.90 Å². The normalized spacial score (nSPS) is 22.6. The van der Waals surface area contributed by atoms with Gasteiger partial charge in [0.2, 0.25) is 0 Å². The van der Waals surface area contributed by atoms with Crippen molar-refractivity contribution in [3.63, 3.8) is 0 Å². The molecule has 1 aliphatic heterocycles. The number of rotatable bonds is 3. The molecule has 0 aliphatic carbocycles. The van der Waals surface area contributed by atoms with Gasteiger partial charge in [-0.1, -0.05) is 31.2 Å². The van der Waals surface area contributed by atoms with E-state index < -0.39 is 6.09 Å². The Balaban J connectivity index is 2.19. The minimum Gasteiger partial charge on any atom is -0.465 e. The van der Waals surface area contributed by atoms with E-state index in [1.54, 1.807) is 11.8 Å². The third-order valence-electron chi connectivity index (χ3n) is 2.80. The summed E-state index contributed by atoms with van der Waals surface area (Å²) >= 11 is 1.73. The van der Waals surface area contributed by atoms with Gasteiger partial charge in [0.25, 0.3) is 0 Å². The highest BCUT2D eigenvalue weighted by atomic mass is 32.2. The van der Waals surface area contributed by atoms with Crippen LogP contribution < -0.4 is 4.90 Å². The first kappa shape index (κ1) is 12.0. The van der Waals surface area contributed by atoms with Crippen LogP contribution in [0, 0.1) is 5.41 Å². The zero-order valence-corrected chi connectivity index (χ0v) is 10.5. The lowest BCUT2D eigenvalue weighted by Crippen LogP contribution is -2.39. The van der Waals surface area contributed by atoms with Crippen LogP contribution >= 0.6 is 11.8 Å². The maximum absolute atomic E-state index is 11.3. The van der Waals surface area contributed by atoms with E-state index in [1.807, 2.05) is 35.7 Å². The van der Waals surface area contributed by atoms with Gasteiger partial charge in [-0.2, -0.15) is 0 Å². The van der Waals surface area contributed by atoms with Crippen molar-refractivity contribution >= 4 is 23.5 Å². The molecule has 0 radical (unpaired) electrons. The molecule has 17 heavy (non-hydrogen) atoms. The zero-order chi connectivity index (χ0) is 12.3. The Labute approximate surface area is 105 Å². The van der Waals surface area contributed by atoms with Gasteiger partial charge in [0.15, 0.2) is 0 Å². The van der Waals surface area contributed by atoms with Crippen molar-refractivity contribution in [2.75, 3.05) is 17.2 Å². The molecule has 1 N–H and O–H groups in total. The number of carboxylic acid groups (broad SMARTS) is 1. The molecule has 0 aromatic heterocycles. The lowest BCUT2D eigenvalue weighted by molar-refractivity contribution is 0.199. The minimum absolute atomic E-state index is 0.0705. The molecule has 1 heterocycles. The number of hydrogen-bond donors (Lipinski definition) is 1. The number of nitrogens with zero attached hydrogens (tertiary/aromatic N) is 1. The Hall–Kier alpha value is -1.42. The Kier molecular flexibility index (Phi) is 3.43. The maximum Gasteiger partial charge on any atom is 0.411 e. The van der Waals surface area contributed by atoms with Crippen LogP contribution in [-0.2, 0) is 0 Å². The van der Waals surface area contributed by atoms with Crippen molar-refractivity contribution in [3.05, 3.63) is 41.8 Å². The Bertz CT molecular complexity index is 432. The monoisotopic (exact) mass is 249 g/mol. The van der Waals surface area contributed by atoms with E-state index in [9.17, 15) is 9.90 Å². The fourth-order valence-electron chi connectivity index (χ4n) is 1.84. The van der Waals surface area contributed by atoms with Crippen molar-refractivity contribution in [3.8, 4) is 0 Å². The molecule has 1 amide bonds. The van der Waals surface area contributed by atoms with Crippen LogP contribution in [0.2, 0.25) is 0 Å². The van der Waals surface area contributed by atoms with Gasteiger partial charge in [0, 0.05) is 23.4 Å². The molecule has 0 fully saturated rings. The minimum atomic E-state index is -0.900. The smallest absolute Gasteiger partial charge is 0.411 e. The molecule has 1 atom stereocenters. The molecule has 1 aromatic rings. The average Bonchev–Trinajstić information content (AvgIpc) is 2.74. The van der Waals surface area contributed by atoms with E-state index >= 15 is 0 Å². The molecule has 0 saturated carbocycles. The first-order valence-electron chi connectivity index (χ1n) is 5.46. The second-order valence-electron chi connectivity index (χ2n) is 4.47. The number of carbonyl (C=O) groups is 1. The van der Waals surface area contributed by atoms with Gasteiger partial charge < -0.3 is 5.11 Å². The van der Waals surface area contributed by atoms with Crippen LogP contribution in [0.3, 0.4) is 0 Å². The molecule has 1 aliphatic rings. The summed E-state index contributed by atoms with van der Waals surface area (Å²) < 4.78 is 0. The zero-order valence-electron chi connectivity index (χ0n) is 9.67. The van der Waals surface area contributed by atoms with E-state index in [0.717, 1.165) is 11.4 Å². The number of para-hydroxylation sites is 1. The van der Waals surface area contributed by atoms with Crippen LogP contribution in [-0.4, -0.2) is 23.5 Å². The Morgan fingerprint density at radius 1 is 1.47 bits per heavy atom. The average molecular weight is 249 g/mol. The van der Waals surface area contributed by atoms with Gasteiger partial charge in [0.05, 0.1) is 0 Å². The lowest BCUT2D eigenvalue weighted by Gasteiger charge is -2.29. The number of hydrogen-bond acceptors (Lipinski definition) is 2. The van der Waals surface area contributed by atoms with Crippen LogP contribution in [0.25, 0.3) is 0 Å². The first-order valence-corrected chi connectivity index (χ1v) is 6.50. The molecule has 0 spiro atoms. The topological polar surface area (TPSA) is 40.5 Å². The van der Waals surface area contributed by atoms with Gasteiger partial charge in [-0.15, -0.1) is 11.8 Å². The highest BCUT2D eigenvalue weighted by molar-refractivity contribution is 8.02. The van der Waals surface area contributed by atoms with Crippen molar-refractivity contribution < 1.29 is 9.90 Å². The molecule has 2 rings (SSSR count). The van der Waals surface area contributed by atoms with Gasteiger partial charge in [-0.25, -0.2) is 4.79 Å². The molecule has 90 valence electrons. The van der Waals surface area contributed by atoms with E-state index in [-0.39, 0.29) is 5.41 Å². The van der Waals surface area contributed by atoms with Crippen molar-refractivity contribution in [2.45, 2.75) is 6.92 Å². The van der Waals surface area contributed by atoms with Crippen molar-refractivity contribution in [1.82, 2.24) is 0 Å². The second-order valence-corrected chi connectivity index (χ2v) is 5.37. The summed E-state index contributed by atoms with van der Waals surface area (Å²) in [5, 5.41) is 11.3. The Morgan fingerprint density at radius 2 is 2.18 bits per heavy atom. The first-order chi connectivity index (χ1) is 8.11. The van der Waals surface area contributed by atoms with E-state index in [2.05, 4.69) is 13.0 Å². The number of thioether (sulfide) groups is 1. The van der Waals surface area contributed by atoms with Crippen LogP contribution in [0.15, 0.2) is 41.8 Å². The van der Waals surface area contributed by atoms with Gasteiger partial charge >= 0.3 is 6.09 Å². The second kappa shape index (κ2) is 4.84. The molecule has 0 unspecified atom stereocenters. The van der Waals surface area contributed by atoms with Crippen molar-refractivity contribution in [1.29, 1.82) is 0 Å². The molecular weight excluding hydrogens is 234 g/mol. The highest BCUT2D eigenvalue weighted by Gasteiger charge is 2.30. The summed E-state index contributed by atoms with van der Waals surface area (Å²) in [5.41, 5.74) is 0.658. The molecule has 0 bridgehead atoms. The standard InChI is InChI=1S/C13H15NO2S/c1-13(7-8-17-10-13)9-14(12(15)16)11-5-3-2-4-6-11/h2-8H,9-10H2,1H3,(H,15,16)/t13-/m1/s1. The van der Waals surface area contributed by atoms with Crippen molar-refractivity contribution in [2.24, 2.45) is 5.41 Å². The number of benzene rings is 1. The predicted octanol–water partition coefficient (Wildman–Crippen LogP) is 3.44. The van der Waals surface area contributed by atoms with Crippen LogP contribution in [0.4, 0.5) is 10.5 Å². The largest absolute Gasteiger partial charge is 0.465 e. The molecule has 0 saturated heterocycles. The summed E-state index contributed by atoms with van der Waals surface area (Å²) in [5.74, 6) is 0.934. The van der Waals surface area contributed by atoms with E-state index in [1.165, 1.54) is 4.90 Å². The molecule has 3 nitrogen and oxygen atoms in total. The third-order valence-corrected chi connectivity index (χ3v) is 3.95. The molecule has 4 heteroatoms. The van der Waals surface area contributed by atoms with Crippen LogP contribution in [0.1, 0.15) is 6.92 Å². The predicted molar refractivity (Wildman–Crippen MR) is 71.5 cm³/mol. The number of anilines is 1. The number of amides is 1. The summed E-state index contributed by atoms with van der Waals surface area (Å²) in [6.07, 6.45) is 1.19. The highest BCUT2D eigenvalue weighted by Crippen LogP contribution is 2.34.